The molecule has 0 unspecified atom stereocenters. The van der Waals surface area contributed by atoms with Gasteiger partial charge in [-0.1, -0.05) is 44.4 Å². The standard InChI is InChI=1S/C16H24BFO2/c1-2-3-5-12-8-10-13(11-9-12)14-6-4-7-15(16(14)18)17(19)20/h4,6-7,12-13,19-20H,2-3,5,8-11H2,1H3. The fourth-order valence-electron chi connectivity index (χ4n) is 3.34. The Bertz CT molecular complexity index is 428. The van der Waals surface area contributed by atoms with Crippen molar-refractivity contribution in [2.75, 3.05) is 0 Å². The van der Waals surface area contributed by atoms with Crippen molar-refractivity contribution >= 4 is 12.6 Å². The van der Waals surface area contributed by atoms with Crippen molar-refractivity contribution in [3.63, 3.8) is 0 Å². The summed E-state index contributed by atoms with van der Waals surface area (Å²) < 4.78 is 14.3. The van der Waals surface area contributed by atoms with E-state index in [2.05, 4.69) is 6.92 Å². The van der Waals surface area contributed by atoms with Crippen molar-refractivity contribution in [2.45, 2.75) is 57.8 Å². The lowest BCUT2D eigenvalue weighted by Gasteiger charge is -2.29. The van der Waals surface area contributed by atoms with Crippen LogP contribution in [0.25, 0.3) is 0 Å². The number of hydrogen-bond acceptors (Lipinski definition) is 2. The smallest absolute Gasteiger partial charge is 0.423 e. The van der Waals surface area contributed by atoms with Crippen LogP contribution in [0.4, 0.5) is 4.39 Å². The van der Waals surface area contributed by atoms with Gasteiger partial charge in [0.15, 0.2) is 0 Å². The Morgan fingerprint density at radius 1 is 1.20 bits per heavy atom. The first kappa shape index (κ1) is 15.5. The molecule has 110 valence electrons. The van der Waals surface area contributed by atoms with Gasteiger partial charge in [0.2, 0.25) is 0 Å². The van der Waals surface area contributed by atoms with Crippen LogP contribution in [0.2, 0.25) is 0 Å². The van der Waals surface area contributed by atoms with Gasteiger partial charge in [0.1, 0.15) is 5.82 Å². The highest BCUT2D eigenvalue weighted by atomic mass is 19.1. The second-order valence-corrected chi connectivity index (χ2v) is 5.98. The van der Waals surface area contributed by atoms with Gasteiger partial charge in [0.05, 0.1) is 0 Å². The molecular formula is C16H24BFO2. The highest BCUT2D eigenvalue weighted by molar-refractivity contribution is 6.58. The van der Waals surface area contributed by atoms with E-state index < -0.39 is 12.9 Å². The number of halogens is 1. The molecule has 0 aromatic heterocycles. The molecule has 0 aliphatic heterocycles. The summed E-state index contributed by atoms with van der Waals surface area (Å²) in [7, 11) is -1.73. The molecular weight excluding hydrogens is 254 g/mol. The molecule has 2 rings (SSSR count). The van der Waals surface area contributed by atoms with Crippen LogP contribution in [0.3, 0.4) is 0 Å². The number of hydrogen-bond donors (Lipinski definition) is 2. The van der Waals surface area contributed by atoms with Crippen molar-refractivity contribution in [1.29, 1.82) is 0 Å². The van der Waals surface area contributed by atoms with Crippen LogP contribution in [-0.2, 0) is 0 Å². The minimum atomic E-state index is -1.73. The van der Waals surface area contributed by atoms with Gasteiger partial charge in [0, 0.05) is 5.46 Å². The Hall–Kier alpha value is -0.865. The van der Waals surface area contributed by atoms with E-state index >= 15 is 0 Å². The van der Waals surface area contributed by atoms with Crippen LogP contribution in [0.15, 0.2) is 18.2 Å². The van der Waals surface area contributed by atoms with Gasteiger partial charge in [-0.3, -0.25) is 0 Å². The molecule has 1 aliphatic carbocycles. The summed E-state index contributed by atoms with van der Waals surface area (Å²) in [5, 5.41) is 18.4. The maximum absolute atomic E-state index is 14.3. The number of unbranched alkanes of at least 4 members (excludes halogenated alkanes) is 1. The lowest BCUT2D eigenvalue weighted by molar-refractivity contribution is 0.301. The van der Waals surface area contributed by atoms with Crippen LogP contribution in [0.5, 0.6) is 0 Å². The van der Waals surface area contributed by atoms with Crippen molar-refractivity contribution in [3.05, 3.63) is 29.6 Å². The predicted octanol–water partition coefficient (Wildman–Crippen LogP) is 2.97. The zero-order chi connectivity index (χ0) is 14.5. The summed E-state index contributed by atoms with van der Waals surface area (Å²) in [4.78, 5) is 0. The minimum absolute atomic E-state index is 0.00407. The Morgan fingerprint density at radius 2 is 1.90 bits per heavy atom. The largest absolute Gasteiger partial charge is 0.491 e. The van der Waals surface area contributed by atoms with Crippen LogP contribution in [-0.4, -0.2) is 17.2 Å². The number of rotatable bonds is 5. The lowest BCUT2D eigenvalue weighted by atomic mass is 9.73. The van der Waals surface area contributed by atoms with Crippen molar-refractivity contribution < 1.29 is 14.4 Å². The maximum Gasteiger partial charge on any atom is 0.491 e. The predicted molar refractivity (Wildman–Crippen MR) is 80.4 cm³/mol. The van der Waals surface area contributed by atoms with E-state index in [1.54, 1.807) is 12.1 Å². The molecule has 0 spiro atoms. The van der Waals surface area contributed by atoms with Crippen molar-refractivity contribution in [1.82, 2.24) is 0 Å². The second kappa shape index (κ2) is 7.23. The average molecular weight is 278 g/mol. The molecule has 1 aromatic carbocycles. The third kappa shape index (κ3) is 3.61. The normalized spacial score (nSPS) is 22.8. The molecule has 0 saturated heterocycles. The molecule has 0 heterocycles. The topological polar surface area (TPSA) is 40.5 Å². The summed E-state index contributed by atoms with van der Waals surface area (Å²) in [6.45, 7) is 2.21. The van der Waals surface area contributed by atoms with Gasteiger partial charge in [-0.15, -0.1) is 0 Å². The van der Waals surface area contributed by atoms with Gasteiger partial charge in [-0.05, 0) is 43.1 Å². The monoisotopic (exact) mass is 278 g/mol. The Balaban J connectivity index is 2.02. The van der Waals surface area contributed by atoms with E-state index in [9.17, 15) is 14.4 Å². The average Bonchev–Trinajstić information content (AvgIpc) is 2.46. The van der Waals surface area contributed by atoms with E-state index in [1.165, 1.54) is 25.3 Å². The lowest BCUT2D eigenvalue weighted by Crippen LogP contribution is -2.34. The minimum Gasteiger partial charge on any atom is -0.423 e. The molecule has 2 N–H and O–H groups in total. The molecule has 20 heavy (non-hydrogen) atoms. The first-order valence-electron chi connectivity index (χ1n) is 7.78. The highest BCUT2D eigenvalue weighted by Gasteiger charge is 2.26. The summed E-state index contributed by atoms with van der Waals surface area (Å²) in [6, 6.07) is 4.95. The Kier molecular flexibility index (Phi) is 5.61. The zero-order valence-electron chi connectivity index (χ0n) is 12.2. The Morgan fingerprint density at radius 3 is 2.50 bits per heavy atom. The van der Waals surface area contributed by atoms with Gasteiger partial charge < -0.3 is 10.0 Å². The molecule has 1 saturated carbocycles. The molecule has 2 nitrogen and oxygen atoms in total. The van der Waals surface area contributed by atoms with Crippen LogP contribution in [0, 0.1) is 11.7 Å². The van der Waals surface area contributed by atoms with E-state index in [1.807, 2.05) is 0 Å². The second-order valence-electron chi connectivity index (χ2n) is 5.98. The Labute approximate surface area is 121 Å². The molecule has 0 amide bonds. The van der Waals surface area contributed by atoms with Gasteiger partial charge in [0.25, 0.3) is 0 Å². The van der Waals surface area contributed by atoms with E-state index in [-0.39, 0.29) is 11.4 Å². The summed E-state index contributed by atoms with van der Waals surface area (Å²) >= 11 is 0. The van der Waals surface area contributed by atoms with Gasteiger partial charge in [-0.2, -0.15) is 0 Å². The molecule has 1 fully saturated rings. The van der Waals surface area contributed by atoms with Crippen LogP contribution >= 0.6 is 0 Å². The fraction of sp³-hybridized carbons (Fsp3) is 0.625. The number of benzene rings is 1. The summed E-state index contributed by atoms with van der Waals surface area (Å²) in [6.07, 6.45) is 8.17. The van der Waals surface area contributed by atoms with Gasteiger partial charge >= 0.3 is 7.12 Å². The SMILES string of the molecule is CCCCC1CCC(c2cccc(B(O)O)c2F)CC1. The molecule has 0 radical (unpaired) electrons. The first-order chi connectivity index (χ1) is 9.63. The van der Waals surface area contributed by atoms with Crippen LogP contribution < -0.4 is 5.46 Å². The third-order valence-corrected chi connectivity index (χ3v) is 4.59. The van der Waals surface area contributed by atoms with Crippen molar-refractivity contribution in [3.8, 4) is 0 Å². The third-order valence-electron chi connectivity index (χ3n) is 4.59. The quantitative estimate of drug-likeness (QED) is 0.813. The molecule has 0 bridgehead atoms. The first-order valence-corrected chi connectivity index (χ1v) is 7.78. The fourth-order valence-corrected chi connectivity index (χ4v) is 3.34. The van der Waals surface area contributed by atoms with Gasteiger partial charge in [-0.25, -0.2) is 4.39 Å². The van der Waals surface area contributed by atoms with E-state index in [0.717, 1.165) is 31.6 Å². The molecule has 0 atom stereocenters. The maximum atomic E-state index is 14.3. The van der Waals surface area contributed by atoms with E-state index in [0.29, 0.717) is 5.56 Å². The van der Waals surface area contributed by atoms with Crippen molar-refractivity contribution in [2.24, 2.45) is 5.92 Å². The molecule has 1 aliphatic rings. The van der Waals surface area contributed by atoms with E-state index in [4.69, 9.17) is 0 Å². The zero-order valence-corrected chi connectivity index (χ0v) is 12.2. The molecule has 1 aromatic rings. The molecule has 4 heteroatoms. The summed E-state index contributed by atoms with van der Waals surface area (Å²) in [5.74, 6) is 0.590. The highest BCUT2D eigenvalue weighted by Crippen LogP contribution is 2.38. The summed E-state index contributed by atoms with van der Waals surface area (Å²) in [5.41, 5.74) is 0.653. The van der Waals surface area contributed by atoms with Crippen LogP contribution in [0.1, 0.15) is 63.4 Å².